The van der Waals surface area contributed by atoms with Crippen LogP contribution in [0.4, 0.5) is 5.69 Å². The van der Waals surface area contributed by atoms with E-state index >= 15 is 0 Å². The maximum Gasteiger partial charge on any atom is 0.0934 e. The van der Waals surface area contributed by atoms with Gasteiger partial charge in [0.1, 0.15) is 0 Å². The second-order valence-corrected chi connectivity index (χ2v) is 7.44. The van der Waals surface area contributed by atoms with Crippen LogP contribution in [0.15, 0.2) is 17.1 Å². The molecule has 0 radical (unpaired) electrons. The molecule has 1 aromatic carbocycles. The second kappa shape index (κ2) is 6.27. The molecule has 0 bridgehead atoms. The highest BCUT2D eigenvalue weighted by Crippen LogP contribution is 2.45. The minimum atomic E-state index is 0.00773. The van der Waals surface area contributed by atoms with E-state index in [1.807, 2.05) is 0 Å². The summed E-state index contributed by atoms with van der Waals surface area (Å²) < 4.78 is 6.32. The molecule has 3 heteroatoms. The zero-order valence-corrected chi connectivity index (χ0v) is 14.3. The van der Waals surface area contributed by atoms with Gasteiger partial charge in [0.25, 0.3) is 0 Å². The highest BCUT2D eigenvalue weighted by atomic mass is 16.5. The van der Waals surface area contributed by atoms with E-state index in [1.165, 1.54) is 61.6 Å². The minimum absolute atomic E-state index is 0.00773. The molecule has 4 rings (SSSR count). The van der Waals surface area contributed by atoms with E-state index in [4.69, 9.17) is 9.73 Å². The van der Waals surface area contributed by atoms with Crippen molar-refractivity contribution in [2.24, 2.45) is 4.99 Å². The van der Waals surface area contributed by atoms with Crippen LogP contribution >= 0.6 is 0 Å². The molecule has 2 aliphatic heterocycles. The molecule has 1 spiro atoms. The Hall–Kier alpha value is -1.35. The number of hydrogen-bond acceptors (Lipinski definition) is 2. The average Bonchev–Trinajstić information content (AvgIpc) is 3.08. The Morgan fingerprint density at radius 2 is 1.87 bits per heavy atom. The topological polar surface area (TPSA) is 24.8 Å². The fraction of sp³-hybridized carbons (Fsp3) is 0.650. The van der Waals surface area contributed by atoms with Crippen LogP contribution in [0.1, 0.15) is 61.6 Å². The first kappa shape index (κ1) is 15.2. The van der Waals surface area contributed by atoms with Gasteiger partial charge in [-0.15, -0.1) is 0 Å². The van der Waals surface area contributed by atoms with Gasteiger partial charge in [-0.05, 0) is 61.8 Å². The van der Waals surface area contributed by atoms with E-state index in [1.54, 1.807) is 0 Å². The highest BCUT2D eigenvalue weighted by molar-refractivity contribution is 5.65. The van der Waals surface area contributed by atoms with Gasteiger partial charge in [0.15, 0.2) is 0 Å². The molecule has 2 heterocycles. The van der Waals surface area contributed by atoms with Crippen LogP contribution in [-0.4, -0.2) is 30.9 Å². The van der Waals surface area contributed by atoms with Crippen molar-refractivity contribution in [2.45, 2.75) is 63.9 Å². The maximum absolute atomic E-state index is 6.32. The Labute approximate surface area is 139 Å². The summed E-state index contributed by atoms with van der Waals surface area (Å²) in [7, 11) is 0. The first-order valence-electron chi connectivity index (χ1n) is 9.33. The van der Waals surface area contributed by atoms with Crippen LogP contribution in [-0.2, 0) is 16.8 Å². The normalized spacial score (nSPS) is 23.6. The molecule has 0 amide bonds. The number of hydrogen-bond donors (Lipinski definition) is 0. The summed E-state index contributed by atoms with van der Waals surface area (Å²) in [6, 6.07) is 4.70. The average molecular weight is 312 g/mol. The van der Waals surface area contributed by atoms with Gasteiger partial charge in [0.2, 0.25) is 0 Å². The predicted molar refractivity (Wildman–Crippen MR) is 94.6 cm³/mol. The van der Waals surface area contributed by atoms with Crippen LogP contribution in [0.3, 0.4) is 0 Å². The molecule has 2 fully saturated rings. The van der Waals surface area contributed by atoms with Crippen molar-refractivity contribution in [2.75, 3.05) is 19.7 Å². The molecule has 0 N–H and O–H groups in total. The Bertz CT molecular complexity index is 596. The Morgan fingerprint density at radius 3 is 2.65 bits per heavy atom. The smallest absolute Gasteiger partial charge is 0.0934 e. The summed E-state index contributed by atoms with van der Waals surface area (Å²) >= 11 is 0. The van der Waals surface area contributed by atoms with E-state index in [2.05, 4.69) is 30.3 Å². The fourth-order valence-electron chi connectivity index (χ4n) is 4.48. The monoisotopic (exact) mass is 312 g/mol. The van der Waals surface area contributed by atoms with Gasteiger partial charge in [0, 0.05) is 13.1 Å². The minimum Gasteiger partial charge on any atom is -0.370 e. The summed E-state index contributed by atoms with van der Waals surface area (Å²) in [5, 5.41) is 0. The first-order chi connectivity index (χ1) is 11.3. The summed E-state index contributed by atoms with van der Waals surface area (Å²) in [4.78, 5) is 7.13. The molecule has 1 saturated carbocycles. The van der Waals surface area contributed by atoms with Crippen molar-refractivity contribution in [3.8, 4) is 0 Å². The third-order valence-corrected chi connectivity index (χ3v) is 5.82. The molecule has 1 aromatic rings. The van der Waals surface area contributed by atoms with E-state index < -0.39 is 0 Å². The Kier molecular flexibility index (Phi) is 4.14. The number of aliphatic imine (C=N–C) groups is 1. The molecular formula is C20H28N2O. The van der Waals surface area contributed by atoms with Gasteiger partial charge >= 0.3 is 0 Å². The second-order valence-electron chi connectivity index (χ2n) is 7.44. The molecule has 1 saturated heterocycles. The lowest BCUT2D eigenvalue weighted by Gasteiger charge is -2.42. The highest BCUT2D eigenvalue weighted by Gasteiger charge is 2.39. The SMILES string of the molecule is Cc1cc2c(cc1N=CN1CCCC1)CCOC21CCCCC1. The van der Waals surface area contributed by atoms with Gasteiger partial charge in [0.05, 0.1) is 24.2 Å². The van der Waals surface area contributed by atoms with Gasteiger partial charge in [-0.2, -0.15) is 0 Å². The van der Waals surface area contributed by atoms with E-state index in [-0.39, 0.29) is 5.60 Å². The first-order valence-corrected chi connectivity index (χ1v) is 9.33. The van der Waals surface area contributed by atoms with Crippen molar-refractivity contribution >= 4 is 12.0 Å². The zero-order chi connectivity index (χ0) is 15.7. The maximum atomic E-state index is 6.32. The van der Waals surface area contributed by atoms with Crippen LogP contribution in [0.25, 0.3) is 0 Å². The van der Waals surface area contributed by atoms with Gasteiger partial charge in [-0.25, -0.2) is 4.99 Å². The van der Waals surface area contributed by atoms with E-state index in [0.29, 0.717) is 0 Å². The van der Waals surface area contributed by atoms with Crippen molar-refractivity contribution in [3.63, 3.8) is 0 Å². The Balaban J connectivity index is 1.64. The van der Waals surface area contributed by atoms with Crippen LogP contribution < -0.4 is 0 Å². The quantitative estimate of drug-likeness (QED) is 0.594. The number of fused-ring (bicyclic) bond motifs is 2. The largest absolute Gasteiger partial charge is 0.370 e. The lowest BCUT2D eigenvalue weighted by Crippen LogP contribution is -2.37. The number of ether oxygens (including phenoxy) is 1. The van der Waals surface area contributed by atoms with E-state index in [0.717, 1.165) is 31.8 Å². The number of aryl methyl sites for hydroxylation is 1. The van der Waals surface area contributed by atoms with Crippen LogP contribution in [0, 0.1) is 6.92 Å². The van der Waals surface area contributed by atoms with Crippen molar-refractivity contribution in [1.82, 2.24) is 4.90 Å². The molecule has 1 aliphatic carbocycles. The summed E-state index contributed by atoms with van der Waals surface area (Å²) in [5.41, 5.74) is 5.37. The van der Waals surface area contributed by atoms with Gasteiger partial charge in [-0.1, -0.05) is 25.3 Å². The number of rotatable bonds is 2. The number of likely N-dealkylation sites (tertiary alicyclic amines) is 1. The van der Waals surface area contributed by atoms with Gasteiger partial charge < -0.3 is 9.64 Å². The van der Waals surface area contributed by atoms with Crippen molar-refractivity contribution < 1.29 is 4.74 Å². The summed E-state index contributed by atoms with van der Waals surface area (Å²) in [6.45, 7) is 5.38. The molecule has 124 valence electrons. The number of nitrogens with zero attached hydrogens (tertiary/aromatic N) is 2. The zero-order valence-electron chi connectivity index (χ0n) is 14.3. The fourth-order valence-corrected chi connectivity index (χ4v) is 4.48. The Morgan fingerprint density at radius 1 is 1.09 bits per heavy atom. The standard InChI is InChI=1S/C20H28N2O/c1-16-13-18-17(7-12-23-20(18)8-3-2-4-9-20)14-19(16)21-15-22-10-5-6-11-22/h13-15H,2-12H2,1H3. The van der Waals surface area contributed by atoms with Gasteiger partial charge in [-0.3, -0.25) is 0 Å². The number of benzene rings is 1. The third-order valence-electron chi connectivity index (χ3n) is 5.82. The van der Waals surface area contributed by atoms with E-state index in [9.17, 15) is 0 Å². The molecule has 0 atom stereocenters. The predicted octanol–water partition coefficient (Wildman–Crippen LogP) is 4.48. The van der Waals surface area contributed by atoms with Crippen molar-refractivity contribution in [1.29, 1.82) is 0 Å². The summed E-state index contributed by atoms with van der Waals surface area (Å²) in [5.74, 6) is 0. The molecular weight excluding hydrogens is 284 g/mol. The van der Waals surface area contributed by atoms with Crippen LogP contribution in [0.5, 0.6) is 0 Å². The molecule has 3 nitrogen and oxygen atoms in total. The third kappa shape index (κ3) is 2.91. The molecule has 23 heavy (non-hydrogen) atoms. The molecule has 0 unspecified atom stereocenters. The van der Waals surface area contributed by atoms with Crippen LogP contribution in [0.2, 0.25) is 0 Å². The molecule has 3 aliphatic rings. The molecule has 0 aromatic heterocycles. The lowest BCUT2D eigenvalue weighted by atomic mass is 9.75. The summed E-state index contributed by atoms with van der Waals surface area (Å²) in [6.07, 6.45) is 12.0. The van der Waals surface area contributed by atoms with Crippen molar-refractivity contribution in [3.05, 3.63) is 28.8 Å². The lowest BCUT2D eigenvalue weighted by molar-refractivity contribution is -0.0847.